The average molecular weight is 426 g/mol. The van der Waals surface area contributed by atoms with Gasteiger partial charge in [0, 0.05) is 32.2 Å². The van der Waals surface area contributed by atoms with E-state index < -0.39 is 5.60 Å². The first-order chi connectivity index (χ1) is 14.2. The lowest BCUT2D eigenvalue weighted by molar-refractivity contribution is 0.0170. The first-order valence-corrected chi connectivity index (χ1v) is 11.9. The third-order valence-electron chi connectivity index (χ3n) is 5.41. The molecule has 2 N–H and O–H groups in total. The number of hydrogen-bond donors (Lipinski definition) is 2. The van der Waals surface area contributed by atoms with Crippen molar-refractivity contribution in [3.63, 3.8) is 0 Å². The Hall–Kier alpha value is -1.50. The van der Waals surface area contributed by atoms with Gasteiger partial charge in [-0.3, -0.25) is 4.99 Å². The Morgan fingerprint density at radius 2 is 1.97 bits per heavy atom. The third kappa shape index (κ3) is 11.0. The van der Waals surface area contributed by atoms with Crippen molar-refractivity contribution in [1.82, 2.24) is 20.4 Å². The molecule has 30 heavy (non-hydrogen) atoms. The van der Waals surface area contributed by atoms with Gasteiger partial charge in [0.05, 0.1) is 0 Å². The molecule has 0 aromatic carbocycles. The summed E-state index contributed by atoms with van der Waals surface area (Å²) in [6, 6.07) is 0.378. The fourth-order valence-electron chi connectivity index (χ4n) is 3.71. The van der Waals surface area contributed by atoms with Gasteiger partial charge in [0.2, 0.25) is 0 Å². The number of nitrogens with zero attached hydrogens (tertiary/aromatic N) is 3. The van der Waals surface area contributed by atoms with E-state index in [9.17, 15) is 4.79 Å². The summed E-state index contributed by atoms with van der Waals surface area (Å²) < 4.78 is 5.54. The molecule has 1 rings (SSSR count). The quantitative estimate of drug-likeness (QED) is 0.413. The standard InChI is InChI=1S/C23H47N5O2/c1-8-24-21(26-19(4)13-11-15-27(9-2)10-3)25-17-20-14-12-16-28(18-20)22(29)30-23(5,6)7/h19-20H,8-18H2,1-7H3,(H2,24,25,26). The second kappa shape index (κ2) is 13.7. The Balaban J connectivity index is 2.51. The molecule has 1 fully saturated rings. The minimum atomic E-state index is -0.453. The second-order valence-corrected chi connectivity index (χ2v) is 9.37. The molecule has 1 heterocycles. The molecule has 176 valence electrons. The van der Waals surface area contributed by atoms with Gasteiger partial charge in [-0.05, 0) is 85.9 Å². The van der Waals surface area contributed by atoms with E-state index in [1.54, 1.807) is 0 Å². The number of likely N-dealkylation sites (tertiary alicyclic amines) is 1. The Kier molecular flexibility index (Phi) is 12.1. The van der Waals surface area contributed by atoms with E-state index in [0.717, 1.165) is 71.0 Å². The van der Waals surface area contributed by atoms with E-state index in [-0.39, 0.29) is 6.09 Å². The number of amides is 1. The Labute approximate surface area is 185 Å². The number of hydrogen-bond acceptors (Lipinski definition) is 4. The van der Waals surface area contributed by atoms with Crippen LogP contribution >= 0.6 is 0 Å². The van der Waals surface area contributed by atoms with E-state index in [0.29, 0.717) is 12.0 Å². The Morgan fingerprint density at radius 3 is 2.57 bits per heavy atom. The maximum absolute atomic E-state index is 12.4. The summed E-state index contributed by atoms with van der Waals surface area (Å²) in [5.41, 5.74) is -0.453. The number of carbonyl (C=O) groups is 1. The molecule has 0 saturated carbocycles. The highest BCUT2D eigenvalue weighted by Crippen LogP contribution is 2.19. The summed E-state index contributed by atoms with van der Waals surface area (Å²) in [5.74, 6) is 1.25. The van der Waals surface area contributed by atoms with Crippen LogP contribution in [0.5, 0.6) is 0 Å². The van der Waals surface area contributed by atoms with Crippen molar-refractivity contribution < 1.29 is 9.53 Å². The molecule has 0 aromatic heterocycles. The van der Waals surface area contributed by atoms with Crippen LogP contribution in [0.2, 0.25) is 0 Å². The van der Waals surface area contributed by atoms with E-state index in [1.807, 2.05) is 25.7 Å². The number of rotatable bonds is 10. The van der Waals surface area contributed by atoms with Gasteiger partial charge in [-0.25, -0.2) is 4.79 Å². The molecule has 2 atom stereocenters. The largest absolute Gasteiger partial charge is 0.444 e. The number of aliphatic imine (C=N–C) groups is 1. The van der Waals surface area contributed by atoms with E-state index in [2.05, 4.69) is 43.2 Å². The van der Waals surface area contributed by atoms with Gasteiger partial charge in [0.1, 0.15) is 5.60 Å². The van der Waals surface area contributed by atoms with Crippen molar-refractivity contribution in [1.29, 1.82) is 0 Å². The molecule has 0 aromatic rings. The van der Waals surface area contributed by atoms with Crippen molar-refractivity contribution in [2.75, 3.05) is 45.8 Å². The molecular formula is C23H47N5O2. The maximum atomic E-state index is 12.4. The number of nitrogens with one attached hydrogen (secondary N) is 2. The van der Waals surface area contributed by atoms with Crippen LogP contribution < -0.4 is 10.6 Å². The molecule has 0 radical (unpaired) electrons. The fourth-order valence-corrected chi connectivity index (χ4v) is 3.71. The van der Waals surface area contributed by atoms with Gasteiger partial charge < -0.3 is 25.2 Å². The predicted molar refractivity (Wildman–Crippen MR) is 126 cm³/mol. The van der Waals surface area contributed by atoms with Crippen molar-refractivity contribution in [2.24, 2.45) is 10.9 Å². The van der Waals surface area contributed by atoms with Crippen LogP contribution in [0.25, 0.3) is 0 Å². The molecule has 1 amide bonds. The molecule has 1 aliphatic heterocycles. The van der Waals surface area contributed by atoms with Crippen molar-refractivity contribution in [3.8, 4) is 0 Å². The van der Waals surface area contributed by atoms with E-state index >= 15 is 0 Å². The molecule has 1 saturated heterocycles. The first-order valence-electron chi connectivity index (χ1n) is 11.9. The molecule has 0 spiro atoms. The number of piperidine rings is 1. The number of guanidine groups is 1. The SMILES string of the molecule is CCNC(=NCC1CCCN(C(=O)OC(C)(C)C)C1)NC(C)CCCN(CC)CC. The summed E-state index contributed by atoms with van der Waals surface area (Å²) in [6.45, 7) is 20.9. The van der Waals surface area contributed by atoms with Crippen LogP contribution in [0, 0.1) is 5.92 Å². The summed E-state index contributed by atoms with van der Waals surface area (Å²) >= 11 is 0. The van der Waals surface area contributed by atoms with Crippen LogP contribution in [0.1, 0.15) is 74.1 Å². The van der Waals surface area contributed by atoms with Crippen LogP contribution in [-0.2, 0) is 4.74 Å². The summed E-state index contributed by atoms with van der Waals surface area (Å²) in [6.07, 6.45) is 4.20. The topological polar surface area (TPSA) is 69.2 Å². The van der Waals surface area contributed by atoms with Crippen molar-refractivity contribution in [3.05, 3.63) is 0 Å². The summed E-state index contributed by atoms with van der Waals surface area (Å²) in [5, 5.41) is 6.91. The maximum Gasteiger partial charge on any atom is 0.410 e. The number of ether oxygens (including phenoxy) is 1. The Morgan fingerprint density at radius 1 is 1.27 bits per heavy atom. The highest BCUT2D eigenvalue weighted by Gasteiger charge is 2.27. The van der Waals surface area contributed by atoms with E-state index in [1.165, 1.54) is 6.42 Å². The Bertz CT molecular complexity index is 514. The van der Waals surface area contributed by atoms with Gasteiger partial charge >= 0.3 is 6.09 Å². The summed E-state index contributed by atoms with van der Waals surface area (Å²) in [4.78, 5) is 21.5. The van der Waals surface area contributed by atoms with Crippen LogP contribution in [0.3, 0.4) is 0 Å². The minimum Gasteiger partial charge on any atom is -0.444 e. The van der Waals surface area contributed by atoms with Crippen molar-refractivity contribution in [2.45, 2.75) is 85.8 Å². The van der Waals surface area contributed by atoms with Gasteiger partial charge in [-0.2, -0.15) is 0 Å². The lowest BCUT2D eigenvalue weighted by Gasteiger charge is -2.33. The molecule has 7 nitrogen and oxygen atoms in total. The zero-order valence-corrected chi connectivity index (χ0v) is 20.6. The minimum absolute atomic E-state index is 0.206. The van der Waals surface area contributed by atoms with Gasteiger partial charge in [0.25, 0.3) is 0 Å². The lowest BCUT2D eigenvalue weighted by atomic mass is 9.98. The van der Waals surface area contributed by atoms with Gasteiger partial charge in [-0.1, -0.05) is 13.8 Å². The summed E-state index contributed by atoms with van der Waals surface area (Å²) in [7, 11) is 0. The van der Waals surface area contributed by atoms with Crippen LogP contribution in [0.4, 0.5) is 4.79 Å². The highest BCUT2D eigenvalue weighted by atomic mass is 16.6. The van der Waals surface area contributed by atoms with Gasteiger partial charge in [0.15, 0.2) is 5.96 Å². The van der Waals surface area contributed by atoms with Gasteiger partial charge in [-0.15, -0.1) is 0 Å². The smallest absolute Gasteiger partial charge is 0.410 e. The molecular weight excluding hydrogens is 378 g/mol. The highest BCUT2D eigenvalue weighted by molar-refractivity contribution is 5.80. The zero-order chi connectivity index (χ0) is 22.6. The predicted octanol–water partition coefficient (Wildman–Crippen LogP) is 3.70. The zero-order valence-electron chi connectivity index (χ0n) is 20.6. The lowest BCUT2D eigenvalue weighted by Crippen LogP contribution is -2.45. The molecule has 7 heteroatoms. The normalized spacial score (nSPS) is 19.0. The molecule has 1 aliphatic rings. The van der Waals surface area contributed by atoms with Crippen LogP contribution in [-0.4, -0.2) is 79.3 Å². The third-order valence-corrected chi connectivity index (χ3v) is 5.41. The van der Waals surface area contributed by atoms with Crippen molar-refractivity contribution >= 4 is 12.1 Å². The number of carbonyl (C=O) groups excluding carboxylic acids is 1. The van der Waals surface area contributed by atoms with E-state index in [4.69, 9.17) is 9.73 Å². The average Bonchev–Trinajstić information content (AvgIpc) is 2.68. The molecule has 0 bridgehead atoms. The fraction of sp³-hybridized carbons (Fsp3) is 0.913. The monoisotopic (exact) mass is 425 g/mol. The second-order valence-electron chi connectivity index (χ2n) is 9.37. The van der Waals surface area contributed by atoms with Crippen LogP contribution in [0.15, 0.2) is 4.99 Å². The molecule has 2 unspecified atom stereocenters. The molecule has 0 aliphatic carbocycles. The first kappa shape index (κ1) is 26.5.